The topological polar surface area (TPSA) is 88.2 Å². The summed E-state index contributed by atoms with van der Waals surface area (Å²) in [5, 5.41) is 3.29. The Hall–Kier alpha value is -3.52. The van der Waals surface area contributed by atoms with E-state index in [0.717, 1.165) is 5.75 Å². The molecule has 3 rings (SSSR count). The Morgan fingerprint density at radius 1 is 1.14 bits per heavy atom. The van der Waals surface area contributed by atoms with Crippen molar-refractivity contribution in [1.82, 2.24) is 15.1 Å². The lowest BCUT2D eigenvalue weighted by molar-refractivity contribution is -0.143. The third-order valence-corrected chi connectivity index (χ3v) is 6.15. The summed E-state index contributed by atoms with van der Waals surface area (Å²) in [6.45, 7) is 6.27. The number of halogens is 1. The summed E-state index contributed by atoms with van der Waals surface area (Å²) in [4.78, 5) is 41.9. The molecule has 0 saturated carbocycles. The molecule has 2 aromatic rings. The standard InChI is InChI=1S/C28H34ClN3O5/c1-19(2)37-27(34)25-20(3)30-28(35)32(26(25)21-10-8-11-22(29)18-21)16-9-15-31(4)24(33)14-17-36-23-12-6-5-7-13-23/h5-8,10-13,18-19,26H,9,14-17H2,1-4H3,(H,30,35). The number of benzene rings is 2. The minimum Gasteiger partial charge on any atom is -0.493 e. The van der Waals surface area contributed by atoms with Crippen molar-refractivity contribution < 1.29 is 23.9 Å². The molecule has 198 valence electrons. The number of para-hydroxylation sites is 1. The van der Waals surface area contributed by atoms with Crippen molar-refractivity contribution in [2.24, 2.45) is 0 Å². The highest BCUT2D eigenvalue weighted by molar-refractivity contribution is 6.30. The molecule has 0 spiro atoms. The number of rotatable bonds is 11. The van der Waals surface area contributed by atoms with Gasteiger partial charge in [0.15, 0.2) is 0 Å². The molecule has 0 aliphatic carbocycles. The predicted octanol–water partition coefficient (Wildman–Crippen LogP) is 4.95. The molecule has 1 aliphatic heterocycles. The van der Waals surface area contributed by atoms with Gasteiger partial charge >= 0.3 is 12.0 Å². The summed E-state index contributed by atoms with van der Waals surface area (Å²) in [6, 6.07) is 15.5. The maximum Gasteiger partial charge on any atom is 0.338 e. The van der Waals surface area contributed by atoms with Crippen LogP contribution in [-0.4, -0.2) is 60.6 Å². The lowest BCUT2D eigenvalue weighted by Crippen LogP contribution is -2.49. The second-order valence-electron chi connectivity index (χ2n) is 9.15. The van der Waals surface area contributed by atoms with Crippen LogP contribution in [0.4, 0.5) is 4.79 Å². The van der Waals surface area contributed by atoms with E-state index >= 15 is 0 Å². The number of nitrogens with one attached hydrogen (secondary N) is 1. The number of carbonyl (C=O) groups is 3. The summed E-state index contributed by atoms with van der Waals surface area (Å²) in [5.41, 5.74) is 1.51. The van der Waals surface area contributed by atoms with Crippen molar-refractivity contribution in [3.8, 4) is 5.75 Å². The third-order valence-electron chi connectivity index (χ3n) is 5.92. The van der Waals surface area contributed by atoms with Crippen LogP contribution in [0.5, 0.6) is 5.75 Å². The van der Waals surface area contributed by atoms with Crippen LogP contribution in [0.1, 0.15) is 45.2 Å². The lowest BCUT2D eigenvalue weighted by atomic mass is 9.93. The number of amides is 3. The SMILES string of the molecule is CC1=C(C(=O)OC(C)C)C(c2cccc(Cl)c2)N(CCCN(C)C(=O)CCOc2ccccc2)C(=O)N1. The largest absolute Gasteiger partial charge is 0.493 e. The first-order chi connectivity index (χ1) is 17.7. The summed E-state index contributed by atoms with van der Waals surface area (Å²) in [6.07, 6.45) is 0.440. The smallest absolute Gasteiger partial charge is 0.338 e. The van der Waals surface area contributed by atoms with Gasteiger partial charge in [0.05, 0.1) is 30.7 Å². The van der Waals surface area contributed by atoms with Gasteiger partial charge in [0.2, 0.25) is 5.91 Å². The van der Waals surface area contributed by atoms with Gasteiger partial charge in [-0.15, -0.1) is 0 Å². The maximum atomic E-state index is 13.1. The molecule has 3 amide bonds. The molecule has 2 aromatic carbocycles. The quantitative estimate of drug-likeness (QED) is 0.418. The molecule has 1 atom stereocenters. The molecule has 1 aliphatic rings. The van der Waals surface area contributed by atoms with Crippen LogP contribution in [0.15, 0.2) is 65.9 Å². The van der Waals surface area contributed by atoms with Gasteiger partial charge < -0.3 is 24.6 Å². The number of hydrogen-bond acceptors (Lipinski definition) is 5. The van der Waals surface area contributed by atoms with Crippen LogP contribution in [0.25, 0.3) is 0 Å². The molecule has 1 heterocycles. The van der Waals surface area contributed by atoms with Crippen LogP contribution < -0.4 is 10.1 Å². The van der Waals surface area contributed by atoms with Crippen LogP contribution in [0, 0.1) is 0 Å². The molecule has 0 saturated heterocycles. The van der Waals surface area contributed by atoms with Crippen molar-refractivity contribution in [3.05, 3.63) is 76.5 Å². The van der Waals surface area contributed by atoms with Gasteiger partial charge in [0.25, 0.3) is 0 Å². The molecule has 0 fully saturated rings. The van der Waals surface area contributed by atoms with Crippen LogP contribution >= 0.6 is 11.6 Å². The van der Waals surface area contributed by atoms with Crippen molar-refractivity contribution >= 4 is 29.5 Å². The Balaban J connectivity index is 1.67. The average molecular weight is 528 g/mol. The molecule has 8 nitrogen and oxygen atoms in total. The first kappa shape index (κ1) is 28.1. The molecule has 9 heteroatoms. The van der Waals surface area contributed by atoms with Gasteiger partial charge in [-0.3, -0.25) is 4.79 Å². The fourth-order valence-electron chi connectivity index (χ4n) is 4.14. The highest BCUT2D eigenvalue weighted by Crippen LogP contribution is 2.35. The zero-order chi connectivity index (χ0) is 26.9. The van der Waals surface area contributed by atoms with E-state index in [2.05, 4.69) is 5.32 Å². The van der Waals surface area contributed by atoms with Crippen LogP contribution in [-0.2, 0) is 14.3 Å². The maximum absolute atomic E-state index is 13.1. The highest BCUT2D eigenvalue weighted by atomic mass is 35.5. The van der Waals surface area contributed by atoms with Crippen LogP contribution in [0.2, 0.25) is 5.02 Å². The summed E-state index contributed by atoms with van der Waals surface area (Å²) in [5.74, 6) is 0.173. The summed E-state index contributed by atoms with van der Waals surface area (Å²) >= 11 is 6.25. The molecule has 1 N–H and O–H groups in total. The fourth-order valence-corrected chi connectivity index (χ4v) is 4.34. The highest BCUT2D eigenvalue weighted by Gasteiger charge is 2.38. The minimum absolute atomic E-state index is 0.0534. The Labute approximate surface area is 223 Å². The number of esters is 1. The van der Waals surface area contributed by atoms with Gasteiger partial charge in [-0.25, -0.2) is 9.59 Å². The Morgan fingerprint density at radius 2 is 1.86 bits per heavy atom. The fraction of sp³-hybridized carbons (Fsp3) is 0.393. The normalized spacial score (nSPS) is 15.5. The molecule has 0 bridgehead atoms. The number of carbonyl (C=O) groups excluding carboxylic acids is 3. The van der Waals surface area contributed by atoms with Gasteiger partial charge in [-0.1, -0.05) is 41.9 Å². The van der Waals surface area contributed by atoms with Crippen molar-refractivity contribution in [1.29, 1.82) is 0 Å². The van der Waals surface area contributed by atoms with E-state index in [4.69, 9.17) is 21.1 Å². The van der Waals surface area contributed by atoms with Gasteiger partial charge in [0.1, 0.15) is 5.75 Å². The first-order valence-corrected chi connectivity index (χ1v) is 12.7. The van der Waals surface area contributed by atoms with E-state index in [1.165, 1.54) is 0 Å². The Kier molecular flexibility index (Phi) is 9.97. The average Bonchev–Trinajstić information content (AvgIpc) is 2.84. The predicted molar refractivity (Wildman–Crippen MR) is 142 cm³/mol. The molecule has 37 heavy (non-hydrogen) atoms. The van der Waals surface area contributed by atoms with Gasteiger partial charge in [-0.2, -0.15) is 0 Å². The number of urea groups is 1. The minimum atomic E-state index is -0.668. The van der Waals surface area contributed by atoms with Gasteiger partial charge in [-0.05, 0) is 57.0 Å². The van der Waals surface area contributed by atoms with Crippen LogP contribution in [0.3, 0.4) is 0 Å². The Bertz CT molecular complexity index is 1140. The molecule has 0 aromatic heterocycles. The Morgan fingerprint density at radius 3 is 2.54 bits per heavy atom. The van der Waals surface area contributed by atoms with E-state index < -0.39 is 12.0 Å². The zero-order valence-corrected chi connectivity index (χ0v) is 22.5. The van der Waals surface area contributed by atoms with E-state index in [9.17, 15) is 14.4 Å². The first-order valence-electron chi connectivity index (χ1n) is 12.3. The van der Waals surface area contributed by atoms with Crippen molar-refractivity contribution in [2.45, 2.75) is 45.8 Å². The van der Waals surface area contributed by atoms with E-state index in [1.807, 2.05) is 36.4 Å². The van der Waals surface area contributed by atoms with Gasteiger partial charge in [0, 0.05) is 30.9 Å². The number of nitrogens with zero attached hydrogens (tertiary/aromatic N) is 2. The van der Waals surface area contributed by atoms with Crippen molar-refractivity contribution in [2.75, 3.05) is 26.7 Å². The monoisotopic (exact) mass is 527 g/mol. The number of allylic oxidation sites excluding steroid dienone is 1. The number of ether oxygens (including phenoxy) is 2. The third kappa shape index (κ3) is 7.73. The lowest BCUT2D eigenvalue weighted by Gasteiger charge is -2.38. The van der Waals surface area contributed by atoms with E-state index in [0.29, 0.717) is 41.4 Å². The second-order valence-corrected chi connectivity index (χ2v) is 9.59. The summed E-state index contributed by atoms with van der Waals surface area (Å²) in [7, 11) is 1.73. The molecule has 0 radical (unpaired) electrons. The zero-order valence-electron chi connectivity index (χ0n) is 21.7. The number of hydrogen-bond donors (Lipinski definition) is 1. The van der Waals surface area contributed by atoms with E-state index in [-0.39, 0.29) is 31.1 Å². The van der Waals surface area contributed by atoms with Crippen molar-refractivity contribution in [3.63, 3.8) is 0 Å². The summed E-state index contributed by atoms with van der Waals surface area (Å²) < 4.78 is 11.1. The molecule has 1 unspecified atom stereocenters. The second kappa shape index (κ2) is 13.1. The van der Waals surface area contributed by atoms with E-state index in [1.54, 1.807) is 55.8 Å². The molecular weight excluding hydrogens is 494 g/mol. The molecular formula is C28H34ClN3O5.